The van der Waals surface area contributed by atoms with E-state index in [1.807, 2.05) is 6.07 Å². The maximum absolute atomic E-state index is 11.5. The molecule has 1 aromatic carbocycles. The summed E-state index contributed by atoms with van der Waals surface area (Å²) in [5.41, 5.74) is 6.76. The molecule has 1 heterocycles. The van der Waals surface area contributed by atoms with E-state index < -0.39 is 0 Å². The molecule has 18 heavy (non-hydrogen) atoms. The van der Waals surface area contributed by atoms with Crippen molar-refractivity contribution >= 4 is 27.5 Å². The van der Waals surface area contributed by atoms with Crippen molar-refractivity contribution in [2.75, 3.05) is 6.54 Å². The first-order valence-electron chi connectivity index (χ1n) is 5.36. The molecular formula is C12H11BrClN3O. The van der Waals surface area contributed by atoms with Crippen LogP contribution in [0.1, 0.15) is 5.69 Å². The molecule has 1 aromatic heterocycles. The maximum Gasteiger partial charge on any atom is 0.251 e. The Kier molecular flexibility index (Phi) is 4.16. The van der Waals surface area contributed by atoms with Crippen LogP contribution in [0.3, 0.4) is 0 Å². The van der Waals surface area contributed by atoms with Crippen molar-refractivity contribution in [1.29, 1.82) is 0 Å². The highest BCUT2D eigenvalue weighted by molar-refractivity contribution is 9.10. The van der Waals surface area contributed by atoms with Crippen molar-refractivity contribution < 1.29 is 0 Å². The maximum atomic E-state index is 11.5. The van der Waals surface area contributed by atoms with Crippen molar-refractivity contribution in [3.8, 4) is 11.4 Å². The van der Waals surface area contributed by atoms with Crippen LogP contribution in [0.5, 0.6) is 0 Å². The molecule has 2 aromatic rings. The van der Waals surface area contributed by atoms with Gasteiger partial charge in [-0.3, -0.25) is 4.79 Å². The number of aromatic nitrogens is 2. The van der Waals surface area contributed by atoms with Gasteiger partial charge < -0.3 is 10.7 Å². The van der Waals surface area contributed by atoms with Gasteiger partial charge in [-0.2, -0.15) is 0 Å². The van der Waals surface area contributed by atoms with Crippen LogP contribution in [0.25, 0.3) is 11.4 Å². The minimum absolute atomic E-state index is 0.186. The quantitative estimate of drug-likeness (QED) is 0.908. The van der Waals surface area contributed by atoms with Gasteiger partial charge in [-0.1, -0.05) is 11.6 Å². The Bertz CT molecular complexity index is 627. The fourth-order valence-electron chi connectivity index (χ4n) is 1.56. The minimum atomic E-state index is -0.186. The van der Waals surface area contributed by atoms with E-state index >= 15 is 0 Å². The summed E-state index contributed by atoms with van der Waals surface area (Å²) in [6, 6.07) is 6.82. The van der Waals surface area contributed by atoms with Crippen LogP contribution < -0.4 is 11.3 Å². The molecule has 0 aliphatic carbocycles. The van der Waals surface area contributed by atoms with Gasteiger partial charge in [0, 0.05) is 28.2 Å². The van der Waals surface area contributed by atoms with E-state index in [1.165, 1.54) is 6.07 Å². The summed E-state index contributed by atoms with van der Waals surface area (Å²) in [7, 11) is 0. The molecule has 0 unspecified atom stereocenters. The van der Waals surface area contributed by atoms with Crippen molar-refractivity contribution in [2.24, 2.45) is 5.73 Å². The van der Waals surface area contributed by atoms with Crippen LogP contribution in [-0.4, -0.2) is 16.5 Å². The fraction of sp³-hybridized carbons (Fsp3) is 0.167. The molecule has 0 fully saturated rings. The average molecular weight is 329 g/mol. The van der Waals surface area contributed by atoms with Gasteiger partial charge in [-0.25, -0.2) is 4.98 Å². The normalized spacial score (nSPS) is 10.6. The number of halogens is 2. The van der Waals surface area contributed by atoms with Gasteiger partial charge in [-0.15, -0.1) is 0 Å². The highest BCUT2D eigenvalue weighted by Gasteiger charge is 2.06. The first-order chi connectivity index (χ1) is 8.60. The van der Waals surface area contributed by atoms with E-state index in [-0.39, 0.29) is 5.56 Å². The number of aromatic amines is 1. The zero-order chi connectivity index (χ0) is 13.1. The van der Waals surface area contributed by atoms with Gasteiger partial charge in [0.15, 0.2) is 0 Å². The topological polar surface area (TPSA) is 71.8 Å². The lowest BCUT2D eigenvalue weighted by Gasteiger charge is -2.05. The molecule has 3 N–H and O–H groups in total. The zero-order valence-electron chi connectivity index (χ0n) is 9.41. The SMILES string of the molecule is NCCc1cc(=O)[nH]c(-c2ccc(Cl)c(Br)c2)n1. The van der Waals surface area contributed by atoms with Crippen LogP contribution in [0.15, 0.2) is 33.5 Å². The third-order valence-electron chi connectivity index (χ3n) is 2.39. The number of benzene rings is 1. The molecule has 0 radical (unpaired) electrons. The average Bonchev–Trinajstić information content (AvgIpc) is 2.32. The number of hydrogen-bond donors (Lipinski definition) is 2. The molecule has 94 valence electrons. The summed E-state index contributed by atoms with van der Waals surface area (Å²) in [4.78, 5) is 18.6. The van der Waals surface area contributed by atoms with Gasteiger partial charge in [0.2, 0.25) is 0 Å². The Hall–Kier alpha value is -1.17. The molecule has 0 saturated heterocycles. The molecule has 0 saturated carbocycles. The Morgan fingerprint density at radius 2 is 2.17 bits per heavy atom. The Morgan fingerprint density at radius 3 is 2.83 bits per heavy atom. The molecule has 2 rings (SSSR count). The smallest absolute Gasteiger partial charge is 0.251 e. The fourth-order valence-corrected chi connectivity index (χ4v) is 2.06. The predicted octanol–water partition coefficient (Wildman–Crippen LogP) is 2.35. The summed E-state index contributed by atoms with van der Waals surface area (Å²) >= 11 is 9.26. The van der Waals surface area contributed by atoms with Gasteiger partial charge in [0.05, 0.1) is 5.02 Å². The predicted molar refractivity (Wildman–Crippen MR) is 75.8 cm³/mol. The molecule has 0 aliphatic rings. The highest BCUT2D eigenvalue weighted by Crippen LogP contribution is 2.26. The third-order valence-corrected chi connectivity index (χ3v) is 3.60. The minimum Gasteiger partial charge on any atom is -0.330 e. The van der Waals surface area contributed by atoms with Crippen LogP contribution in [0, 0.1) is 0 Å². The second kappa shape index (κ2) is 5.65. The second-order valence-electron chi connectivity index (χ2n) is 3.75. The Balaban J connectivity index is 2.49. The van der Waals surface area contributed by atoms with E-state index in [4.69, 9.17) is 17.3 Å². The molecule has 0 spiro atoms. The standard InChI is InChI=1S/C12H11BrClN3O/c13-9-5-7(1-2-10(9)14)12-16-8(3-4-15)6-11(18)17-12/h1-2,5-6H,3-4,15H2,(H,16,17,18). The molecule has 0 aliphatic heterocycles. The van der Waals surface area contributed by atoms with E-state index in [2.05, 4.69) is 25.9 Å². The number of H-pyrrole nitrogens is 1. The van der Waals surface area contributed by atoms with Crippen LogP contribution in [0.4, 0.5) is 0 Å². The molecule has 0 amide bonds. The number of nitrogens with one attached hydrogen (secondary N) is 1. The van der Waals surface area contributed by atoms with Crippen LogP contribution >= 0.6 is 27.5 Å². The van der Waals surface area contributed by atoms with Gasteiger partial charge in [-0.05, 0) is 40.7 Å². The van der Waals surface area contributed by atoms with Crippen molar-refractivity contribution in [3.05, 3.63) is 49.8 Å². The van der Waals surface area contributed by atoms with Crippen LogP contribution in [0.2, 0.25) is 5.02 Å². The number of nitrogens with two attached hydrogens (primary N) is 1. The van der Waals surface area contributed by atoms with Crippen LogP contribution in [-0.2, 0) is 6.42 Å². The van der Waals surface area contributed by atoms with E-state index in [9.17, 15) is 4.79 Å². The van der Waals surface area contributed by atoms with Crippen molar-refractivity contribution in [2.45, 2.75) is 6.42 Å². The van der Waals surface area contributed by atoms with E-state index in [0.29, 0.717) is 29.5 Å². The van der Waals surface area contributed by atoms with Crippen molar-refractivity contribution in [3.63, 3.8) is 0 Å². The molecule has 4 nitrogen and oxygen atoms in total. The molecule has 0 bridgehead atoms. The number of hydrogen-bond acceptors (Lipinski definition) is 3. The number of nitrogens with zero attached hydrogens (tertiary/aromatic N) is 1. The van der Waals surface area contributed by atoms with Gasteiger partial charge in [0.1, 0.15) is 5.82 Å². The summed E-state index contributed by atoms with van der Waals surface area (Å²) in [5, 5.41) is 0.610. The summed E-state index contributed by atoms with van der Waals surface area (Å²) < 4.78 is 0.758. The highest BCUT2D eigenvalue weighted by atomic mass is 79.9. The Morgan fingerprint density at radius 1 is 1.39 bits per heavy atom. The van der Waals surface area contributed by atoms with Crippen molar-refractivity contribution in [1.82, 2.24) is 9.97 Å². The van der Waals surface area contributed by atoms with Gasteiger partial charge in [0.25, 0.3) is 5.56 Å². The number of rotatable bonds is 3. The lowest BCUT2D eigenvalue weighted by Crippen LogP contribution is -2.13. The molecule has 0 atom stereocenters. The first-order valence-corrected chi connectivity index (χ1v) is 6.53. The van der Waals surface area contributed by atoms with E-state index in [1.54, 1.807) is 12.1 Å². The zero-order valence-corrected chi connectivity index (χ0v) is 11.8. The lowest BCUT2D eigenvalue weighted by atomic mass is 10.2. The molecular weight excluding hydrogens is 318 g/mol. The largest absolute Gasteiger partial charge is 0.330 e. The Labute approximate surface area is 117 Å². The summed E-state index contributed by atoms with van der Waals surface area (Å²) in [6.07, 6.45) is 0.575. The van der Waals surface area contributed by atoms with E-state index in [0.717, 1.165) is 10.0 Å². The third kappa shape index (κ3) is 2.98. The lowest BCUT2D eigenvalue weighted by molar-refractivity contribution is 0.905. The first kappa shape index (κ1) is 13.3. The molecule has 6 heteroatoms. The summed E-state index contributed by atoms with van der Waals surface area (Å²) in [6.45, 7) is 0.459. The monoisotopic (exact) mass is 327 g/mol. The van der Waals surface area contributed by atoms with Gasteiger partial charge >= 0.3 is 0 Å². The summed E-state index contributed by atoms with van der Waals surface area (Å²) in [5.74, 6) is 0.517. The second-order valence-corrected chi connectivity index (χ2v) is 5.01.